The first-order chi connectivity index (χ1) is 10.4. The summed E-state index contributed by atoms with van der Waals surface area (Å²) in [6.45, 7) is 8.93. The molecule has 0 saturated carbocycles. The number of hydrogen-bond donors (Lipinski definition) is 1. The summed E-state index contributed by atoms with van der Waals surface area (Å²) in [5, 5.41) is 6.99. The molecule has 1 aliphatic heterocycles. The number of carbonyl (C=O) groups excluding carboxylic acids is 1. The molecule has 2 heterocycles. The lowest BCUT2D eigenvalue weighted by atomic mass is 9.96. The lowest BCUT2D eigenvalue weighted by molar-refractivity contribution is -0.122. The van der Waals surface area contributed by atoms with E-state index in [4.69, 9.17) is 9.26 Å². The zero-order valence-electron chi connectivity index (χ0n) is 14.0. The van der Waals surface area contributed by atoms with Crippen molar-refractivity contribution in [2.24, 2.45) is 0 Å². The molecule has 22 heavy (non-hydrogen) atoms. The normalized spacial score (nSPS) is 20.1. The number of nitrogens with one attached hydrogen (secondary N) is 1. The van der Waals surface area contributed by atoms with Crippen LogP contribution in [0.5, 0.6) is 0 Å². The molecule has 0 unspecified atom stereocenters. The molecule has 1 saturated heterocycles. The van der Waals surface area contributed by atoms with Crippen molar-refractivity contribution in [3.05, 3.63) is 11.7 Å². The van der Waals surface area contributed by atoms with E-state index < -0.39 is 0 Å². The molecule has 0 radical (unpaired) electrons. The number of amides is 1. The monoisotopic (exact) mass is 309 g/mol. The summed E-state index contributed by atoms with van der Waals surface area (Å²) in [6, 6.07) is 0.0749. The Bertz CT molecular complexity index is 487. The highest BCUT2D eigenvalue weighted by Gasteiger charge is 2.24. The Morgan fingerprint density at radius 1 is 1.45 bits per heavy atom. The van der Waals surface area contributed by atoms with Gasteiger partial charge in [0.15, 0.2) is 5.82 Å². The number of rotatable bonds is 6. The van der Waals surface area contributed by atoms with Crippen molar-refractivity contribution in [3.8, 4) is 0 Å². The van der Waals surface area contributed by atoms with Gasteiger partial charge in [-0.1, -0.05) is 25.9 Å². The van der Waals surface area contributed by atoms with E-state index in [1.165, 1.54) is 0 Å². The summed E-state index contributed by atoms with van der Waals surface area (Å²) in [4.78, 5) is 16.3. The molecular weight excluding hydrogens is 282 g/mol. The van der Waals surface area contributed by atoms with Crippen LogP contribution in [-0.2, 0) is 21.4 Å². The first-order valence-electron chi connectivity index (χ1n) is 8.10. The molecule has 1 amide bonds. The second-order valence-electron chi connectivity index (χ2n) is 7.02. The lowest BCUT2D eigenvalue weighted by Crippen LogP contribution is -2.40. The molecule has 1 aromatic rings. The second kappa shape index (κ2) is 7.22. The summed E-state index contributed by atoms with van der Waals surface area (Å²) in [5.41, 5.74) is -0.115. The van der Waals surface area contributed by atoms with E-state index in [0.717, 1.165) is 19.4 Å². The van der Waals surface area contributed by atoms with E-state index in [2.05, 4.69) is 15.5 Å². The average molecular weight is 309 g/mol. The van der Waals surface area contributed by atoms with Crippen LogP contribution in [0.4, 0.5) is 0 Å². The highest BCUT2D eigenvalue weighted by Crippen LogP contribution is 2.19. The Morgan fingerprint density at radius 3 is 2.82 bits per heavy atom. The van der Waals surface area contributed by atoms with Crippen molar-refractivity contribution in [1.82, 2.24) is 15.5 Å². The van der Waals surface area contributed by atoms with E-state index in [0.29, 0.717) is 31.0 Å². The number of aryl methyl sites for hydroxylation is 1. The molecule has 1 aliphatic rings. The first kappa shape index (κ1) is 16.9. The van der Waals surface area contributed by atoms with Crippen LogP contribution in [0, 0.1) is 0 Å². The molecule has 124 valence electrons. The molecule has 0 bridgehead atoms. The molecule has 1 N–H and O–H groups in total. The van der Waals surface area contributed by atoms with Gasteiger partial charge >= 0.3 is 0 Å². The Labute approximate surface area is 132 Å². The summed E-state index contributed by atoms with van der Waals surface area (Å²) >= 11 is 0. The van der Waals surface area contributed by atoms with Crippen LogP contribution in [0.25, 0.3) is 0 Å². The maximum atomic E-state index is 11.9. The van der Waals surface area contributed by atoms with Crippen LogP contribution < -0.4 is 5.32 Å². The molecule has 6 heteroatoms. The quantitative estimate of drug-likeness (QED) is 0.873. The van der Waals surface area contributed by atoms with Gasteiger partial charge in [-0.25, -0.2) is 0 Å². The van der Waals surface area contributed by atoms with Gasteiger partial charge < -0.3 is 14.6 Å². The topological polar surface area (TPSA) is 77.3 Å². The Balaban J connectivity index is 1.69. The standard InChI is InChI=1S/C16H27N3O3/c1-11(12-7-6-10-21-12)17-13(20)8-5-9-14-18-15(19-22-14)16(2,3)4/h11-12H,5-10H2,1-4H3,(H,17,20)/t11-,12+/m0/s1. The van der Waals surface area contributed by atoms with Crippen molar-refractivity contribution in [1.29, 1.82) is 0 Å². The predicted molar refractivity (Wildman–Crippen MR) is 82.5 cm³/mol. The Kier molecular flexibility index (Phi) is 5.56. The van der Waals surface area contributed by atoms with Crippen molar-refractivity contribution >= 4 is 5.91 Å². The molecule has 0 spiro atoms. The zero-order chi connectivity index (χ0) is 16.2. The number of ether oxygens (including phenoxy) is 1. The van der Waals surface area contributed by atoms with Crippen LogP contribution in [-0.4, -0.2) is 34.8 Å². The number of nitrogens with zero attached hydrogens (tertiary/aromatic N) is 2. The van der Waals surface area contributed by atoms with Crippen molar-refractivity contribution < 1.29 is 14.1 Å². The maximum Gasteiger partial charge on any atom is 0.226 e. The third-order valence-corrected chi connectivity index (χ3v) is 3.84. The number of hydrogen-bond acceptors (Lipinski definition) is 5. The fourth-order valence-electron chi connectivity index (χ4n) is 2.48. The van der Waals surface area contributed by atoms with Gasteiger partial charge in [-0.3, -0.25) is 4.79 Å². The SMILES string of the molecule is C[C@H](NC(=O)CCCc1nc(C(C)(C)C)no1)[C@H]1CCCO1. The minimum atomic E-state index is -0.115. The van der Waals surface area contributed by atoms with E-state index >= 15 is 0 Å². The van der Waals surface area contributed by atoms with Crippen LogP contribution in [0.1, 0.15) is 65.1 Å². The highest BCUT2D eigenvalue weighted by atomic mass is 16.5. The lowest BCUT2D eigenvalue weighted by Gasteiger charge is -2.19. The summed E-state index contributed by atoms with van der Waals surface area (Å²) < 4.78 is 10.8. The maximum absolute atomic E-state index is 11.9. The van der Waals surface area contributed by atoms with E-state index in [9.17, 15) is 4.79 Å². The molecule has 6 nitrogen and oxygen atoms in total. The van der Waals surface area contributed by atoms with Gasteiger partial charge in [0, 0.05) is 24.9 Å². The molecule has 2 rings (SSSR count). The van der Waals surface area contributed by atoms with Crippen molar-refractivity contribution in [2.45, 2.75) is 77.4 Å². The molecule has 1 aromatic heterocycles. The first-order valence-corrected chi connectivity index (χ1v) is 8.10. The fourth-order valence-corrected chi connectivity index (χ4v) is 2.48. The molecule has 2 atom stereocenters. The Hall–Kier alpha value is -1.43. The Morgan fingerprint density at radius 2 is 2.23 bits per heavy atom. The summed E-state index contributed by atoms with van der Waals surface area (Å²) in [6.07, 6.45) is 4.07. The van der Waals surface area contributed by atoms with Crippen LogP contribution >= 0.6 is 0 Å². The smallest absolute Gasteiger partial charge is 0.226 e. The van der Waals surface area contributed by atoms with Crippen LogP contribution in [0.3, 0.4) is 0 Å². The van der Waals surface area contributed by atoms with Crippen molar-refractivity contribution in [2.75, 3.05) is 6.61 Å². The van der Waals surface area contributed by atoms with Gasteiger partial charge in [0.2, 0.25) is 11.8 Å². The fraction of sp³-hybridized carbons (Fsp3) is 0.812. The van der Waals surface area contributed by atoms with Gasteiger partial charge in [0.25, 0.3) is 0 Å². The minimum absolute atomic E-state index is 0.0542. The predicted octanol–water partition coefficient (Wildman–Crippen LogP) is 2.37. The molecule has 0 aliphatic carbocycles. The third kappa shape index (κ3) is 4.80. The van der Waals surface area contributed by atoms with E-state index in [-0.39, 0.29) is 23.5 Å². The van der Waals surface area contributed by atoms with Crippen LogP contribution in [0.2, 0.25) is 0 Å². The van der Waals surface area contributed by atoms with Crippen LogP contribution in [0.15, 0.2) is 4.52 Å². The largest absolute Gasteiger partial charge is 0.376 e. The third-order valence-electron chi connectivity index (χ3n) is 3.84. The van der Waals surface area contributed by atoms with Gasteiger partial charge in [0.05, 0.1) is 12.1 Å². The van der Waals surface area contributed by atoms with Gasteiger partial charge in [-0.2, -0.15) is 4.98 Å². The highest BCUT2D eigenvalue weighted by molar-refractivity contribution is 5.76. The van der Waals surface area contributed by atoms with Gasteiger partial charge in [-0.05, 0) is 26.2 Å². The second-order valence-corrected chi connectivity index (χ2v) is 7.02. The molecule has 1 fully saturated rings. The average Bonchev–Trinajstić information content (AvgIpc) is 3.09. The van der Waals surface area contributed by atoms with E-state index in [1.54, 1.807) is 0 Å². The van der Waals surface area contributed by atoms with Crippen molar-refractivity contribution in [3.63, 3.8) is 0 Å². The minimum Gasteiger partial charge on any atom is -0.376 e. The van der Waals surface area contributed by atoms with Gasteiger partial charge in [0.1, 0.15) is 0 Å². The number of carbonyl (C=O) groups is 1. The summed E-state index contributed by atoms with van der Waals surface area (Å²) in [5.74, 6) is 1.36. The summed E-state index contributed by atoms with van der Waals surface area (Å²) in [7, 11) is 0. The molecule has 0 aromatic carbocycles. The zero-order valence-corrected chi connectivity index (χ0v) is 14.0. The van der Waals surface area contributed by atoms with E-state index in [1.807, 2.05) is 27.7 Å². The number of aromatic nitrogens is 2. The molecular formula is C16H27N3O3. The van der Waals surface area contributed by atoms with Gasteiger partial charge in [-0.15, -0.1) is 0 Å².